The van der Waals surface area contributed by atoms with Gasteiger partial charge in [-0.3, -0.25) is 4.79 Å². The number of hydrogen-bond acceptors (Lipinski definition) is 3. The number of carboxylic acid groups (broad SMARTS) is 1. The van der Waals surface area contributed by atoms with Crippen molar-refractivity contribution in [1.82, 2.24) is 0 Å². The van der Waals surface area contributed by atoms with Crippen LogP contribution in [0.2, 0.25) is 0 Å². The zero-order chi connectivity index (χ0) is 25.1. The summed E-state index contributed by atoms with van der Waals surface area (Å²) >= 11 is 0. The Hall–Kier alpha value is -0.870. The zero-order valence-corrected chi connectivity index (χ0v) is 22.6. The van der Waals surface area contributed by atoms with Gasteiger partial charge in [0.2, 0.25) is 0 Å². The average molecular weight is 473 g/mol. The first-order valence-corrected chi connectivity index (χ1v) is 13.9. The highest BCUT2D eigenvalue weighted by Gasteiger charge is 2.71. The van der Waals surface area contributed by atoms with Gasteiger partial charge in [-0.25, -0.2) is 0 Å². The molecule has 34 heavy (non-hydrogen) atoms. The SMILES string of the molecule is CC1(C)CC[C@@]2(C(=O)O)[C@H](C1)C1=CC[C@H]3[C@@]4(C)CC[C@H](O)C(C)(C)[C@H]4CC[C@@]3(C)[C@]1(C)C[C@@H]2O. The van der Waals surface area contributed by atoms with Crippen molar-refractivity contribution in [2.24, 2.45) is 50.2 Å². The highest BCUT2D eigenvalue weighted by molar-refractivity contribution is 5.77. The van der Waals surface area contributed by atoms with Gasteiger partial charge in [-0.15, -0.1) is 0 Å². The molecule has 5 rings (SSSR count). The molecule has 0 heterocycles. The summed E-state index contributed by atoms with van der Waals surface area (Å²) in [6.07, 6.45) is 9.35. The molecule has 0 radical (unpaired) electrons. The summed E-state index contributed by atoms with van der Waals surface area (Å²) < 4.78 is 0. The minimum atomic E-state index is -1.04. The van der Waals surface area contributed by atoms with Crippen molar-refractivity contribution in [3.8, 4) is 0 Å². The number of hydrogen-bond donors (Lipinski definition) is 3. The predicted octanol–water partition coefficient (Wildman–Crippen LogP) is 6.20. The summed E-state index contributed by atoms with van der Waals surface area (Å²) in [6.45, 7) is 16.4. The zero-order valence-electron chi connectivity index (χ0n) is 22.6. The van der Waals surface area contributed by atoms with Crippen LogP contribution in [-0.4, -0.2) is 33.5 Å². The molecule has 0 aromatic carbocycles. The molecule has 9 atom stereocenters. The monoisotopic (exact) mass is 472 g/mol. The van der Waals surface area contributed by atoms with Gasteiger partial charge >= 0.3 is 5.97 Å². The normalized spacial score (nSPS) is 53.4. The molecule has 4 nitrogen and oxygen atoms in total. The van der Waals surface area contributed by atoms with Crippen molar-refractivity contribution in [2.45, 2.75) is 118 Å². The van der Waals surface area contributed by atoms with Crippen molar-refractivity contribution >= 4 is 5.97 Å². The third kappa shape index (κ3) is 2.82. The molecule has 0 aliphatic heterocycles. The summed E-state index contributed by atoms with van der Waals surface area (Å²) in [5, 5.41) is 33.1. The van der Waals surface area contributed by atoms with Gasteiger partial charge in [-0.1, -0.05) is 60.1 Å². The fourth-order valence-corrected chi connectivity index (χ4v) is 10.7. The Kier molecular flexibility index (Phi) is 5.20. The largest absolute Gasteiger partial charge is 0.481 e. The third-order valence-electron chi connectivity index (χ3n) is 13.1. The van der Waals surface area contributed by atoms with Gasteiger partial charge in [-0.05, 0) is 103 Å². The van der Waals surface area contributed by atoms with Gasteiger partial charge in [0, 0.05) is 0 Å². The second-order valence-corrected chi connectivity index (χ2v) is 15.2. The Morgan fingerprint density at radius 3 is 2.18 bits per heavy atom. The smallest absolute Gasteiger partial charge is 0.312 e. The molecular formula is C30H48O4. The standard InChI is InChI=1S/C30H48O4/c1-25(2)14-15-30(24(33)34)19(16-25)18-8-9-21-27(5)12-11-22(31)26(3,4)20(27)10-13-28(21,6)29(18,7)17-23(30)32/h8,19-23,31-32H,9-17H2,1-7H3,(H,33,34)/t19-,20-,21+,22+,23+,27+,28-,29-,30-/m1/s1. The average Bonchev–Trinajstić information content (AvgIpc) is 2.71. The second-order valence-electron chi connectivity index (χ2n) is 15.2. The molecule has 0 aromatic heterocycles. The number of rotatable bonds is 1. The fourth-order valence-electron chi connectivity index (χ4n) is 10.7. The van der Waals surface area contributed by atoms with E-state index in [2.05, 4.69) is 54.5 Å². The minimum Gasteiger partial charge on any atom is -0.481 e. The Morgan fingerprint density at radius 1 is 0.853 bits per heavy atom. The van der Waals surface area contributed by atoms with Crippen LogP contribution in [-0.2, 0) is 4.79 Å². The molecule has 0 aromatic rings. The van der Waals surface area contributed by atoms with Crippen LogP contribution in [0.25, 0.3) is 0 Å². The summed E-state index contributed by atoms with van der Waals surface area (Å²) in [6, 6.07) is 0. The van der Waals surface area contributed by atoms with Gasteiger partial charge in [-0.2, -0.15) is 0 Å². The molecule has 5 aliphatic rings. The number of aliphatic hydroxyl groups is 2. The van der Waals surface area contributed by atoms with E-state index in [-0.39, 0.29) is 39.1 Å². The first kappa shape index (κ1) is 24.8. The summed E-state index contributed by atoms with van der Waals surface area (Å²) in [5.41, 5.74) is 0.295. The van der Waals surface area contributed by atoms with Crippen LogP contribution < -0.4 is 0 Å². The van der Waals surface area contributed by atoms with Crippen LogP contribution in [0.3, 0.4) is 0 Å². The fraction of sp³-hybridized carbons (Fsp3) is 0.900. The van der Waals surface area contributed by atoms with Crippen molar-refractivity contribution in [2.75, 3.05) is 0 Å². The van der Waals surface area contributed by atoms with E-state index in [0.717, 1.165) is 44.9 Å². The lowest BCUT2D eigenvalue weighted by molar-refractivity contribution is -0.218. The van der Waals surface area contributed by atoms with Crippen molar-refractivity contribution < 1.29 is 20.1 Å². The van der Waals surface area contributed by atoms with Crippen LogP contribution in [0.15, 0.2) is 11.6 Å². The van der Waals surface area contributed by atoms with E-state index in [1.54, 1.807) is 0 Å². The Labute approximate surface area is 206 Å². The van der Waals surface area contributed by atoms with E-state index in [0.29, 0.717) is 24.7 Å². The molecule has 0 saturated heterocycles. The van der Waals surface area contributed by atoms with E-state index in [4.69, 9.17) is 0 Å². The minimum absolute atomic E-state index is 0.0218. The number of fused-ring (bicyclic) bond motifs is 7. The summed E-state index contributed by atoms with van der Waals surface area (Å²) in [4.78, 5) is 12.8. The predicted molar refractivity (Wildman–Crippen MR) is 134 cm³/mol. The maximum absolute atomic E-state index is 12.8. The number of allylic oxidation sites excluding steroid dienone is 2. The van der Waals surface area contributed by atoms with Crippen molar-refractivity contribution in [3.63, 3.8) is 0 Å². The van der Waals surface area contributed by atoms with Gasteiger partial charge in [0.15, 0.2) is 0 Å². The van der Waals surface area contributed by atoms with Crippen molar-refractivity contribution in [1.29, 1.82) is 0 Å². The quantitative estimate of drug-likeness (QED) is 0.397. The Bertz CT molecular complexity index is 919. The van der Waals surface area contributed by atoms with Crippen LogP contribution in [0, 0.1) is 50.2 Å². The lowest BCUT2D eigenvalue weighted by Gasteiger charge is -2.71. The number of aliphatic hydroxyl groups excluding tert-OH is 2. The van der Waals surface area contributed by atoms with Gasteiger partial charge in [0.05, 0.1) is 12.2 Å². The first-order chi connectivity index (χ1) is 15.6. The number of carbonyl (C=O) groups is 1. The van der Waals surface area contributed by atoms with Crippen molar-refractivity contribution in [3.05, 3.63) is 11.6 Å². The van der Waals surface area contributed by atoms with Crippen LogP contribution in [0.4, 0.5) is 0 Å². The number of aliphatic carboxylic acids is 1. The molecule has 0 bridgehead atoms. The van der Waals surface area contributed by atoms with Crippen LogP contribution in [0.1, 0.15) is 106 Å². The maximum atomic E-state index is 12.8. The molecule has 0 spiro atoms. The lowest BCUT2D eigenvalue weighted by atomic mass is 9.33. The molecule has 3 N–H and O–H groups in total. The molecule has 4 fully saturated rings. The molecule has 0 amide bonds. The van der Waals surface area contributed by atoms with E-state index in [1.165, 1.54) is 5.57 Å². The van der Waals surface area contributed by atoms with E-state index in [1.807, 2.05) is 0 Å². The van der Waals surface area contributed by atoms with E-state index >= 15 is 0 Å². The first-order valence-electron chi connectivity index (χ1n) is 13.9. The Balaban J connectivity index is 1.63. The van der Waals surface area contributed by atoms with Gasteiger partial charge < -0.3 is 15.3 Å². The van der Waals surface area contributed by atoms with E-state index in [9.17, 15) is 20.1 Å². The highest BCUT2D eigenvalue weighted by Crippen LogP contribution is 2.75. The maximum Gasteiger partial charge on any atom is 0.312 e. The molecule has 0 unspecified atom stereocenters. The second kappa shape index (κ2) is 7.12. The molecule has 192 valence electrons. The third-order valence-corrected chi connectivity index (χ3v) is 13.1. The molecule has 4 saturated carbocycles. The van der Waals surface area contributed by atoms with Crippen LogP contribution in [0.5, 0.6) is 0 Å². The number of carboxylic acids is 1. The topological polar surface area (TPSA) is 77.8 Å². The lowest BCUT2D eigenvalue weighted by Crippen LogP contribution is -2.67. The van der Waals surface area contributed by atoms with Gasteiger partial charge in [0.25, 0.3) is 0 Å². The van der Waals surface area contributed by atoms with Gasteiger partial charge in [0.1, 0.15) is 5.41 Å². The molecule has 4 heteroatoms. The van der Waals surface area contributed by atoms with Crippen LogP contribution >= 0.6 is 0 Å². The Morgan fingerprint density at radius 2 is 1.53 bits per heavy atom. The molecule has 5 aliphatic carbocycles. The molecular weight excluding hydrogens is 424 g/mol. The highest BCUT2D eigenvalue weighted by atomic mass is 16.4. The summed E-state index contributed by atoms with van der Waals surface area (Å²) in [5.74, 6) is 0.0888. The van der Waals surface area contributed by atoms with E-state index < -0.39 is 17.5 Å². The summed E-state index contributed by atoms with van der Waals surface area (Å²) in [7, 11) is 0.